The maximum Gasteiger partial charge on any atom is 0.325 e. The Morgan fingerprint density at radius 1 is 1.33 bits per heavy atom. The van der Waals surface area contributed by atoms with Gasteiger partial charge in [-0.1, -0.05) is 0 Å². The number of pyridine rings is 1. The Hall–Kier alpha value is -2.77. The molecule has 0 saturated carbocycles. The van der Waals surface area contributed by atoms with E-state index in [4.69, 9.17) is 0 Å². The van der Waals surface area contributed by atoms with E-state index in [1.165, 1.54) is 6.20 Å². The number of rotatable bonds is 4. The van der Waals surface area contributed by atoms with Crippen molar-refractivity contribution in [3.8, 4) is 0 Å². The van der Waals surface area contributed by atoms with Gasteiger partial charge >= 0.3 is 6.03 Å². The summed E-state index contributed by atoms with van der Waals surface area (Å²) in [5.41, 5.74) is 0.533. The first kappa shape index (κ1) is 16.1. The first-order valence-corrected chi connectivity index (χ1v) is 7.86. The largest absolute Gasteiger partial charge is 0.340 e. The van der Waals surface area contributed by atoms with E-state index in [0.717, 1.165) is 4.90 Å². The van der Waals surface area contributed by atoms with Gasteiger partial charge in [0.25, 0.3) is 5.91 Å². The minimum Gasteiger partial charge on any atom is -0.340 e. The lowest BCUT2D eigenvalue weighted by atomic mass is 9.90. The topological polar surface area (TPSA) is 99.7 Å². The average Bonchev–Trinajstić information content (AvgIpc) is 2.94. The molecule has 0 aliphatic carbocycles. The lowest BCUT2D eigenvalue weighted by molar-refractivity contribution is -0.137. The lowest BCUT2D eigenvalue weighted by Crippen LogP contribution is -2.47. The molecule has 8 heteroatoms. The number of urea groups is 1. The van der Waals surface area contributed by atoms with Crippen LogP contribution in [-0.4, -0.2) is 64.6 Å². The van der Waals surface area contributed by atoms with E-state index < -0.39 is 11.9 Å². The summed E-state index contributed by atoms with van der Waals surface area (Å²) in [5.74, 6) is -1.04. The molecule has 3 heterocycles. The van der Waals surface area contributed by atoms with Crippen LogP contribution in [0.25, 0.3) is 0 Å². The van der Waals surface area contributed by atoms with Gasteiger partial charge in [-0.25, -0.2) is 4.79 Å². The summed E-state index contributed by atoms with van der Waals surface area (Å²) in [6.45, 7) is 0.474. The lowest BCUT2D eigenvalue weighted by Gasteiger charge is -2.32. The summed E-state index contributed by atoms with van der Waals surface area (Å²) in [7, 11) is 0. The number of likely N-dealkylation sites (tertiary alicyclic amines) is 1. The number of aromatic nitrogens is 1. The van der Waals surface area contributed by atoms with Crippen LogP contribution in [0.1, 0.15) is 23.2 Å². The van der Waals surface area contributed by atoms with Gasteiger partial charge in [-0.3, -0.25) is 24.3 Å². The standard InChI is InChI=1S/C16H18N4O4/c21-13-8-18-16(24)20(13)10-14(22)19-6-2-4-12(9-19)15(23)11-3-1-5-17-7-11/h1,3,5,7,12H,2,4,6,8-10H2,(H,18,24). The van der Waals surface area contributed by atoms with Crippen molar-refractivity contribution >= 4 is 23.6 Å². The fourth-order valence-corrected chi connectivity index (χ4v) is 3.01. The molecule has 1 N–H and O–H groups in total. The normalized spacial score (nSPS) is 20.9. The van der Waals surface area contributed by atoms with Gasteiger partial charge in [-0.15, -0.1) is 0 Å². The zero-order chi connectivity index (χ0) is 17.1. The molecule has 2 aliphatic heterocycles. The first-order valence-electron chi connectivity index (χ1n) is 7.86. The Morgan fingerprint density at radius 2 is 2.17 bits per heavy atom. The van der Waals surface area contributed by atoms with Crippen molar-refractivity contribution < 1.29 is 19.2 Å². The zero-order valence-corrected chi connectivity index (χ0v) is 13.1. The second-order valence-electron chi connectivity index (χ2n) is 5.92. The average molecular weight is 330 g/mol. The molecule has 1 aromatic heterocycles. The Kier molecular flexibility index (Phi) is 4.54. The fraction of sp³-hybridized carbons (Fsp3) is 0.438. The molecule has 0 spiro atoms. The van der Waals surface area contributed by atoms with Crippen molar-refractivity contribution in [3.05, 3.63) is 30.1 Å². The number of nitrogens with zero attached hydrogens (tertiary/aromatic N) is 3. The summed E-state index contributed by atoms with van der Waals surface area (Å²) in [6, 6.07) is 2.87. The highest BCUT2D eigenvalue weighted by Gasteiger charge is 2.34. The van der Waals surface area contributed by atoms with E-state index in [1.54, 1.807) is 23.2 Å². The quantitative estimate of drug-likeness (QED) is 0.621. The van der Waals surface area contributed by atoms with Gasteiger partial charge in [0.1, 0.15) is 6.54 Å². The number of nitrogens with one attached hydrogen (secondary N) is 1. The van der Waals surface area contributed by atoms with Crippen LogP contribution in [0, 0.1) is 5.92 Å². The van der Waals surface area contributed by atoms with E-state index in [-0.39, 0.29) is 30.7 Å². The van der Waals surface area contributed by atoms with Crippen molar-refractivity contribution in [2.24, 2.45) is 5.92 Å². The molecule has 8 nitrogen and oxygen atoms in total. The van der Waals surface area contributed by atoms with Crippen molar-refractivity contribution in [2.45, 2.75) is 12.8 Å². The highest BCUT2D eigenvalue weighted by atomic mass is 16.2. The molecule has 3 rings (SSSR count). The molecule has 1 atom stereocenters. The number of amides is 4. The van der Waals surface area contributed by atoms with E-state index in [9.17, 15) is 19.2 Å². The second kappa shape index (κ2) is 6.77. The summed E-state index contributed by atoms with van der Waals surface area (Å²) >= 11 is 0. The molecular formula is C16H18N4O4. The van der Waals surface area contributed by atoms with Crippen LogP contribution in [0.4, 0.5) is 4.79 Å². The number of piperidine rings is 1. The minimum absolute atomic E-state index is 0.0319. The highest BCUT2D eigenvalue weighted by molar-refractivity contribution is 6.04. The van der Waals surface area contributed by atoms with Gasteiger partial charge in [-0.2, -0.15) is 0 Å². The third-order valence-electron chi connectivity index (χ3n) is 4.32. The predicted octanol–water partition coefficient (Wildman–Crippen LogP) is 0.0547. The second-order valence-corrected chi connectivity index (χ2v) is 5.92. The molecule has 0 radical (unpaired) electrons. The van der Waals surface area contributed by atoms with Crippen LogP contribution in [0.2, 0.25) is 0 Å². The molecule has 2 fully saturated rings. The maximum absolute atomic E-state index is 12.5. The monoisotopic (exact) mass is 330 g/mol. The number of hydrogen-bond donors (Lipinski definition) is 1. The van der Waals surface area contributed by atoms with Gasteiger partial charge in [0.2, 0.25) is 5.91 Å². The van der Waals surface area contributed by atoms with Gasteiger partial charge in [0.05, 0.1) is 6.54 Å². The highest BCUT2D eigenvalue weighted by Crippen LogP contribution is 2.21. The SMILES string of the molecule is O=C(c1cccnc1)C1CCCN(C(=O)CN2C(=O)CNC2=O)C1. The fourth-order valence-electron chi connectivity index (χ4n) is 3.01. The van der Waals surface area contributed by atoms with Gasteiger partial charge in [0, 0.05) is 37.0 Å². The maximum atomic E-state index is 12.5. The number of carbonyl (C=O) groups excluding carboxylic acids is 4. The van der Waals surface area contributed by atoms with Crippen LogP contribution >= 0.6 is 0 Å². The summed E-state index contributed by atoms with van der Waals surface area (Å²) in [6.07, 6.45) is 4.55. The molecular weight excluding hydrogens is 312 g/mol. The predicted molar refractivity (Wildman–Crippen MR) is 83.0 cm³/mol. The number of carbonyl (C=O) groups is 4. The molecule has 1 aromatic rings. The van der Waals surface area contributed by atoms with Crippen LogP contribution in [0.5, 0.6) is 0 Å². The molecule has 2 aliphatic rings. The van der Waals surface area contributed by atoms with Crippen LogP contribution < -0.4 is 5.32 Å². The Labute approximate surface area is 138 Å². The van der Waals surface area contributed by atoms with Crippen molar-refractivity contribution in [2.75, 3.05) is 26.2 Å². The van der Waals surface area contributed by atoms with E-state index in [1.807, 2.05) is 0 Å². The Bertz CT molecular complexity index is 660. The molecule has 4 amide bonds. The van der Waals surface area contributed by atoms with Crippen LogP contribution in [0.15, 0.2) is 24.5 Å². The smallest absolute Gasteiger partial charge is 0.325 e. The first-order chi connectivity index (χ1) is 11.6. The number of ketones is 1. The molecule has 24 heavy (non-hydrogen) atoms. The van der Waals surface area contributed by atoms with Crippen molar-refractivity contribution in [1.29, 1.82) is 0 Å². The number of Topliss-reactive ketones (excluding diaryl/α,β-unsaturated/α-hetero) is 1. The van der Waals surface area contributed by atoms with Crippen LogP contribution in [0.3, 0.4) is 0 Å². The third kappa shape index (κ3) is 3.27. The summed E-state index contributed by atoms with van der Waals surface area (Å²) in [5, 5.41) is 2.38. The van der Waals surface area contributed by atoms with Crippen molar-refractivity contribution in [3.63, 3.8) is 0 Å². The number of imide groups is 1. The summed E-state index contributed by atoms with van der Waals surface area (Å²) < 4.78 is 0. The van der Waals surface area contributed by atoms with Crippen molar-refractivity contribution in [1.82, 2.24) is 20.1 Å². The molecule has 1 unspecified atom stereocenters. The molecule has 0 bridgehead atoms. The Balaban J connectivity index is 1.63. The third-order valence-corrected chi connectivity index (χ3v) is 4.32. The van der Waals surface area contributed by atoms with Gasteiger partial charge in [-0.05, 0) is 25.0 Å². The van der Waals surface area contributed by atoms with Crippen LogP contribution in [-0.2, 0) is 9.59 Å². The molecule has 126 valence electrons. The molecule has 0 aromatic carbocycles. The minimum atomic E-state index is -0.548. The zero-order valence-electron chi connectivity index (χ0n) is 13.1. The summed E-state index contributed by atoms with van der Waals surface area (Å²) in [4.78, 5) is 54.4. The number of hydrogen-bond acceptors (Lipinski definition) is 5. The van der Waals surface area contributed by atoms with E-state index in [0.29, 0.717) is 31.5 Å². The van der Waals surface area contributed by atoms with Gasteiger partial charge < -0.3 is 10.2 Å². The van der Waals surface area contributed by atoms with Gasteiger partial charge in [0.15, 0.2) is 5.78 Å². The van der Waals surface area contributed by atoms with E-state index in [2.05, 4.69) is 10.3 Å². The molecule has 2 saturated heterocycles. The Morgan fingerprint density at radius 3 is 2.83 bits per heavy atom. The van der Waals surface area contributed by atoms with E-state index >= 15 is 0 Å².